The molecule has 4 rings (SSSR count). The molecule has 3 aliphatic rings. The van der Waals surface area contributed by atoms with Crippen molar-refractivity contribution in [1.82, 2.24) is 15.2 Å². The van der Waals surface area contributed by atoms with E-state index in [9.17, 15) is 9.18 Å². The largest absolute Gasteiger partial charge is 0.356 e. The standard InChI is InChI=1S/C17H19ClFN5O/c18-10-1-2-15(21-5-10)23-8-13-14(9-23)17(13)22-6-16(25)24-7-11(19)3-12(24)4-20/h1-2,5,11-14,17,22H,3,6-9H2/t11-,12-,13-,14+,17?/m0/s1. The molecule has 1 unspecified atom stereocenters. The Bertz CT molecular complexity index is 696. The van der Waals surface area contributed by atoms with E-state index < -0.39 is 12.2 Å². The van der Waals surface area contributed by atoms with Gasteiger partial charge in [-0.2, -0.15) is 5.26 Å². The number of hydrogen-bond donors (Lipinski definition) is 1. The lowest BCUT2D eigenvalue weighted by Crippen LogP contribution is -2.43. The first-order chi connectivity index (χ1) is 12.1. The van der Waals surface area contributed by atoms with Crippen molar-refractivity contribution in [2.45, 2.75) is 24.7 Å². The van der Waals surface area contributed by atoms with E-state index in [2.05, 4.69) is 15.2 Å². The number of anilines is 1. The molecule has 132 valence electrons. The van der Waals surface area contributed by atoms with E-state index in [0.717, 1.165) is 18.9 Å². The number of alkyl halides is 1. The summed E-state index contributed by atoms with van der Waals surface area (Å²) in [4.78, 5) is 20.2. The van der Waals surface area contributed by atoms with Gasteiger partial charge in [-0.3, -0.25) is 4.79 Å². The van der Waals surface area contributed by atoms with Crippen molar-refractivity contribution in [3.63, 3.8) is 0 Å². The van der Waals surface area contributed by atoms with Crippen molar-refractivity contribution in [2.75, 3.05) is 31.1 Å². The maximum absolute atomic E-state index is 13.4. The van der Waals surface area contributed by atoms with E-state index >= 15 is 0 Å². The fourth-order valence-corrected chi connectivity index (χ4v) is 4.17. The summed E-state index contributed by atoms with van der Waals surface area (Å²) < 4.78 is 13.4. The van der Waals surface area contributed by atoms with E-state index in [-0.39, 0.29) is 25.4 Å². The summed E-state index contributed by atoms with van der Waals surface area (Å²) >= 11 is 5.86. The highest BCUT2D eigenvalue weighted by Crippen LogP contribution is 2.46. The Balaban J connectivity index is 1.25. The van der Waals surface area contributed by atoms with E-state index in [1.54, 1.807) is 6.20 Å². The van der Waals surface area contributed by atoms with Crippen LogP contribution in [0.15, 0.2) is 18.3 Å². The molecule has 0 bridgehead atoms. The molecular weight excluding hydrogens is 345 g/mol. The zero-order chi connectivity index (χ0) is 17.6. The third kappa shape index (κ3) is 3.16. The first kappa shape index (κ1) is 16.6. The third-order valence-corrected chi connectivity index (χ3v) is 5.66. The Morgan fingerprint density at radius 2 is 2.16 bits per heavy atom. The normalized spacial score (nSPS) is 33.2. The molecule has 1 N–H and O–H groups in total. The lowest BCUT2D eigenvalue weighted by atomic mass is 10.2. The Labute approximate surface area is 150 Å². The number of halogens is 2. The number of piperidine rings is 1. The molecule has 1 saturated carbocycles. The van der Waals surface area contributed by atoms with Crippen LogP contribution in [0.1, 0.15) is 6.42 Å². The Morgan fingerprint density at radius 1 is 1.40 bits per heavy atom. The number of nitrogens with zero attached hydrogens (tertiary/aromatic N) is 4. The highest BCUT2D eigenvalue weighted by Gasteiger charge is 2.56. The number of nitrogens with one attached hydrogen (secondary N) is 1. The number of hydrogen-bond acceptors (Lipinski definition) is 5. The molecule has 0 spiro atoms. The number of amides is 1. The fourth-order valence-electron chi connectivity index (χ4n) is 4.06. The zero-order valence-electron chi connectivity index (χ0n) is 13.6. The first-order valence-electron chi connectivity index (χ1n) is 8.50. The van der Waals surface area contributed by atoms with Crippen LogP contribution in [0, 0.1) is 23.2 Å². The molecule has 3 heterocycles. The average molecular weight is 364 g/mol. The summed E-state index contributed by atoms with van der Waals surface area (Å²) in [6.07, 6.45) is 0.684. The number of fused-ring (bicyclic) bond motifs is 1. The highest BCUT2D eigenvalue weighted by molar-refractivity contribution is 6.30. The molecule has 2 saturated heterocycles. The molecule has 25 heavy (non-hydrogen) atoms. The second kappa shape index (κ2) is 6.43. The molecular formula is C17H19ClFN5O. The highest BCUT2D eigenvalue weighted by atomic mass is 35.5. The monoisotopic (exact) mass is 363 g/mol. The van der Waals surface area contributed by atoms with Gasteiger partial charge in [-0.05, 0) is 24.0 Å². The average Bonchev–Trinajstić information content (AvgIpc) is 2.95. The van der Waals surface area contributed by atoms with Gasteiger partial charge in [0.2, 0.25) is 5.91 Å². The van der Waals surface area contributed by atoms with E-state index in [1.807, 2.05) is 18.2 Å². The Hall–Kier alpha value is -1.91. The molecule has 1 aromatic heterocycles. The topological polar surface area (TPSA) is 72.3 Å². The van der Waals surface area contributed by atoms with Crippen molar-refractivity contribution < 1.29 is 9.18 Å². The molecule has 6 nitrogen and oxygen atoms in total. The van der Waals surface area contributed by atoms with Gasteiger partial charge < -0.3 is 15.1 Å². The van der Waals surface area contributed by atoms with Crippen LogP contribution < -0.4 is 10.2 Å². The van der Waals surface area contributed by atoms with Crippen molar-refractivity contribution in [2.24, 2.45) is 11.8 Å². The maximum atomic E-state index is 13.4. The van der Waals surface area contributed by atoms with E-state index in [4.69, 9.17) is 16.9 Å². The predicted octanol–water partition coefficient (Wildman–Crippen LogP) is 1.22. The van der Waals surface area contributed by atoms with Gasteiger partial charge in [0.25, 0.3) is 0 Å². The van der Waals surface area contributed by atoms with Gasteiger partial charge in [-0.25, -0.2) is 9.37 Å². The number of likely N-dealkylation sites (tertiary alicyclic amines) is 1. The quantitative estimate of drug-likeness (QED) is 0.871. The van der Waals surface area contributed by atoms with Crippen LogP contribution in [0.5, 0.6) is 0 Å². The molecule has 1 aromatic rings. The molecule has 1 amide bonds. The van der Waals surface area contributed by atoms with Gasteiger partial charge in [0, 0.05) is 31.7 Å². The SMILES string of the molecule is N#C[C@@H]1C[C@H](F)CN1C(=O)CNC1[C@H]2CN(c3ccc(Cl)cn3)C[C@@H]12. The fraction of sp³-hybridized carbons (Fsp3) is 0.588. The predicted molar refractivity (Wildman–Crippen MR) is 90.9 cm³/mol. The number of carbonyl (C=O) groups is 1. The third-order valence-electron chi connectivity index (χ3n) is 5.44. The lowest BCUT2D eigenvalue weighted by Gasteiger charge is -2.22. The van der Waals surface area contributed by atoms with Gasteiger partial charge in [0.15, 0.2) is 0 Å². The van der Waals surface area contributed by atoms with E-state index in [1.165, 1.54) is 4.90 Å². The number of aromatic nitrogens is 1. The molecule has 2 aliphatic heterocycles. The van der Waals surface area contributed by atoms with Crippen LogP contribution in [-0.2, 0) is 4.79 Å². The van der Waals surface area contributed by atoms with Crippen LogP contribution >= 0.6 is 11.6 Å². The minimum Gasteiger partial charge on any atom is -0.356 e. The number of nitriles is 1. The molecule has 8 heteroatoms. The first-order valence-corrected chi connectivity index (χ1v) is 8.87. The van der Waals surface area contributed by atoms with Gasteiger partial charge in [-0.15, -0.1) is 0 Å². The Kier molecular flexibility index (Phi) is 4.26. The molecule has 3 fully saturated rings. The van der Waals surface area contributed by atoms with Crippen LogP contribution in [0.3, 0.4) is 0 Å². The van der Waals surface area contributed by atoms with E-state index in [0.29, 0.717) is 22.9 Å². The lowest BCUT2D eigenvalue weighted by molar-refractivity contribution is -0.130. The molecule has 5 atom stereocenters. The summed E-state index contributed by atoms with van der Waals surface area (Å²) in [5.41, 5.74) is 0. The van der Waals surface area contributed by atoms with Crippen LogP contribution in [0.25, 0.3) is 0 Å². The smallest absolute Gasteiger partial charge is 0.237 e. The van der Waals surface area contributed by atoms with Gasteiger partial charge in [-0.1, -0.05) is 11.6 Å². The van der Waals surface area contributed by atoms with Crippen molar-refractivity contribution in [3.8, 4) is 6.07 Å². The number of pyridine rings is 1. The second-order valence-corrected chi connectivity index (χ2v) is 7.43. The van der Waals surface area contributed by atoms with Gasteiger partial charge >= 0.3 is 0 Å². The summed E-state index contributed by atoms with van der Waals surface area (Å²) in [6.45, 7) is 2.01. The number of rotatable bonds is 4. The van der Waals surface area contributed by atoms with Gasteiger partial charge in [0.1, 0.15) is 18.0 Å². The minimum atomic E-state index is -1.09. The summed E-state index contributed by atoms with van der Waals surface area (Å²) in [5.74, 6) is 1.75. The molecule has 1 aliphatic carbocycles. The van der Waals surface area contributed by atoms with Crippen molar-refractivity contribution in [1.29, 1.82) is 5.26 Å². The van der Waals surface area contributed by atoms with Crippen molar-refractivity contribution >= 4 is 23.3 Å². The van der Waals surface area contributed by atoms with Gasteiger partial charge in [0.05, 0.1) is 24.2 Å². The van der Waals surface area contributed by atoms with Crippen LogP contribution in [0.2, 0.25) is 5.02 Å². The zero-order valence-corrected chi connectivity index (χ0v) is 14.4. The minimum absolute atomic E-state index is 0.0340. The summed E-state index contributed by atoms with van der Waals surface area (Å²) in [6, 6.07) is 5.45. The molecule has 0 aromatic carbocycles. The van der Waals surface area contributed by atoms with Crippen molar-refractivity contribution in [3.05, 3.63) is 23.4 Å². The second-order valence-electron chi connectivity index (χ2n) is 7.00. The van der Waals surface area contributed by atoms with Crippen LogP contribution in [-0.4, -0.2) is 60.2 Å². The summed E-state index contributed by atoms with van der Waals surface area (Å²) in [7, 11) is 0. The van der Waals surface area contributed by atoms with Crippen LogP contribution in [0.4, 0.5) is 10.2 Å². The summed E-state index contributed by atoms with van der Waals surface area (Å²) in [5, 5.41) is 12.9. The maximum Gasteiger partial charge on any atom is 0.237 e. The Morgan fingerprint density at radius 3 is 2.80 bits per heavy atom. The number of carbonyl (C=O) groups excluding carboxylic acids is 1. The molecule has 0 radical (unpaired) electrons.